The Morgan fingerprint density at radius 1 is 1.05 bits per heavy atom. The number of pyridine rings is 1. The summed E-state index contributed by atoms with van der Waals surface area (Å²) in [6, 6.07) is 10.2. The van der Waals surface area contributed by atoms with E-state index in [9.17, 15) is 31.2 Å². The number of carboxylic acids is 1. The fourth-order valence-corrected chi connectivity index (χ4v) is 9.28. The van der Waals surface area contributed by atoms with Gasteiger partial charge in [0.25, 0.3) is 0 Å². The van der Waals surface area contributed by atoms with Crippen LogP contribution in [0.3, 0.4) is 0 Å². The summed E-state index contributed by atoms with van der Waals surface area (Å²) in [7, 11) is -0.263. The van der Waals surface area contributed by atoms with Gasteiger partial charge in [-0.25, -0.2) is 18.2 Å². The molecular formula is C38H49Cl2F3N6O7S. The van der Waals surface area contributed by atoms with Gasteiger partial charge < -0.3 is 30.3 Å². The summed E-state index contributed by atoms with van der Waals surface area (Å²) < 4.78 is 68.7. The van der Waals surface area contributed by atoms with Crippen LogP contribution in [0.5, 0.6) is 5.75 Å². The van der Waals surface area contributed by atoms with E-state index >= 15 is 0 Å². The Hall–Kier alpha value is -3.74. The van der Waals surface area contributed by atoms with Gasteiger partial charge in [-0.1, -0.05) is 48.2 Å². The van der Waals surface area contributed by atoms with E-state index in [-0.39, 0.29) is 45.8 Å². The number of ether oxygens (including phenoxy) is 1. The number of nitrogens with one attached hydrogen (secondary N) is 1. The monoisotopic (exact) mass is 860 g/mol. The molecule has 19 heteroatoms. The van der Waals surface area contributed by atoms with E-state index in [1.807, 2.05) is 46.1 Å². The Morgan fingerprint density at radius 2 is 1.67 bits per heavy atom. The van der Waals surface area contributed by atoms with Gasteiger partial charge in [-0.3, -0.25) is 9.59 Å². The standard InChI is InChI=1S/C36H48Cl2N6O5S.C2HF3O2/c1-24-21-25(2)40-34-27(24)10-7-11-30(34)49-23-28-29(37)12-13-31(33(28)38)50(47,48)41-36(14-5-6-15-36)35(46)44-19-17-43(18-20-44)32(45)22-26(39)9-8-16-42(3)4;3-2(4,5)1(6)7/h7,10-13,21,26,41H,5-6,8-9,14-20,22-23,39H2,1-4H3;(H,6,7)/t26-;/m0./s1. The maximum Gasteiger partial charge on any atom is 0.490 e. The van der Waals surface area contributed by atoms with Crippen LogP contribution in [0.15, 0.2) is 41.3 Å². The highest BCUT2D eigenvalue weighted by Gasteiger charge is 2.47. The zero-order valence-electron chi connectivity index (χ0n) is 32.3. The molecule has 3 aromatic rings. The van der Waals surface area contributed by atoms with Crippen molar-refractivity contribution in [3.8, 4) is 5.75 Å². The largest absolute Gasteiger partial charge is 0.490 e. The van der Waals surface area contributed by atoms with E-state index in [0.717, 1.165) is 36.0 Å². The number of nitrogens with two attached hydrogens (primary N) is 1. The van der Waals surface area contributed by atoms with Crippen molar-refractivity contribution in [2.24, 2.45) is 5.73 Å². The molecule has 1 aliphatic carbocycles. The molecular weight excluding hydrogens is 812 g/mol. The summed E-state index contributed by atoms with van der Waals surface area (Å²) in [5.74, 6) is -2.54. The number of rotatable bonds is 13. The highest BCUT2D eigenvalue weighted by molar-refractivity contribution is 7.89. The van der Waals surface area contributed by atoms with Crippen LogP contribution in [-0.2, 0) is 31.0 Å². The molecule has 0 unspecified atom stereocenters. The SMILES string of the molecule is Cc1cc(C)c2cccc(OCc3c(Cl)ccc(S(=O)(=O)NC4(C(=O)N5CCN(C(=O)C[C@@H](N)CCCN(C)C)CC5)CCCC4)c3Cl)c2n1.O=C(O)C(F)(F)F. The van der Waals surface area contributed by atoms with Gasteiger partial charge in [0.05, 0.1) is 5.02 Å². The van der Waals surface area contributed by atoms with Crippen molar-refractivity contribution < 1.29 is 45.8 Å². The molecule has 1 aromatic heterocycles. The minimum absolute atomic E-state index is 0.0233. The Labute approximate surface area is 340 Å². The molecule has 1 aliphatic heterocycles. The molecule has 0 spiro atoms. The number of para-hydroxylation sites is 1. The van der Waals surface area contributed by atoms with Gasteiger partial charge in [0.15, 0.2) is 0 Å². The molecule has 1 saturated heterocycles. The van der Waals surface area contributed by atoms with E-state index in [4.69, 9.17) is 43.6 Å². The van der Waals surface area contributed by atoms with Crippen molar-refractivity contribution in [1.82, 2.24) is 24.4 Å². The Balaban J connectivity index is 0.000000940. The first-order valence-electron chi connectivity index (χ1n) is 18.4. The normalized spacial score (nSPS) is 16.3. The predicted octanol–water partition coefficient (Wildman–Crippen LogP) is 5.69. The number of aromatic nitrogens is 1. The summed E-state index contributed by atoms with van der Waals surface area (Å²) in [4.78, 5) is 45.9. The number of hydrogen-bond donors (Lipinski definition) is 3. The zero-order valence-corrected chi connectivity index (χ0v) is 34.6. The van der Waals surface area contributed by atoms with Crippen molar-refractivity contribution in [3.63, 3.8) is 0 Å². The lowest BCUT2D eigenvalue weighted by Gasteiger charge is -2.40. The molecule has 2 amide bonds. The molecule has 0 bridgehead atoms. The van der Waals surface area contributed by atoms with Crippen molar-refractivity contribution in [2.75, 3.05) is 46.8 Å². The first-order chi connectivity index (χ1) is 26.6. The molecule has 0 radical (unpaired) electrons. The maximum absolute atomic E-state index is 14.1. The highest BCUT2D eigenvalue weighted by Crippen LogP contribution is 2.37. The van der Waals surface area contributed by atoms with Gasteiger partial charge in [0, 0.05) is 60.3 Å². The van der Waals surface area contributed by atoms with E-state index in [0.29, 0.717) is 68.7 Å². The number of fused-ring (bicyclic) bond motifs is 1. The number of alkyl halides is 3. The fraction of sp³-hybridized carbons (Fsp3) is 0.526. The number of hydrogen-bond acceptors (Lipinski definition) is 9. The van der Waals surface area contributed by atoms with Crippen LogP contribution in [0.25, 0.3) is 10.9 Å². The summed E-state index contributed by atoms with van der Waals surface area (Å²) in [5, 5.41) is 8.25. The van der Waals surface area contributed by atoms with Crippen molar-refractivity contribution >= 4 is 61.9 Å². The minimum Gasteiger partial charge on any atom is -0.487 e. The number of nitrogens with zero attached hydrogens (tertiary/aromatic N) is 4. The molecule has 1 atom stereocenters. The van der Waals surface area contributed by atoms with Crippen LogP contribution < -0.4 is 15.2 Å². The molecule has 13 nitrogen and oxygen atoms in total. The van der Waals surface area contributed by atoms with Crippen LogP contribution >= 0.6 is 23.2 Å². The number of carbonyl (C=O) groups excluding carboxylic acids is 2. The molecule has 2 fully saturated rings. The lowest BCUT2D eigenvalue weighted by Crippen LogP contribution is -2.61. The van der Waals surface area contributed by atoms with E-state index in [1.54, 1.807) is 15.9 Å². The number of benzene rings is 2. The molecule has 57 heavy (non-hydrogen) atoms. The van der Waals surface area contributed by atoms with Gasteiger partial charge in [0.1, 0.15) is 28.3 Å². The van der Waals surface area contributed by atoms with Crippen LogP contribution in [-0.4, -0.2) is 116 Å². The summed E-state index contributed by atoms with van der Waals surface area (Å²) in [6.45, 7) is 6.11. The Morgan fingerprint density at radius 3 is 2.26 bits per heavy atom. The first-order valence-corrected chi connectivity index (χ1v) is 20.7. The number of carbonyl (C=O) groups is 3. The van der Waals surface area contributed by atoms with Gasteiger partial charge in [-0.15, -0.1) is 0 Å². The number of aryl methyl sites for hydroxylation is 2. The molecule has 2 aromatic carbocycles. The number of sulfonamides is 1. The van der Waals surface area contributed by atoms with E-state index in [1.165, 1.54) is 12.1 Å². The number of aliphatic carboxylic acids is 1. The third-order valence-corrected chi connectivity index (χ3v) is 12.4. The van der Waals surface area contributed by atoms with Gasteiger partial charge >= 0.3 is 12.1 Å². The van der Waals surface area contributed by atoms with Crippen molar-refractivity contribution in [1.29, 1.82) is 0 Å². The third kappa shape index (κ3) is 11.9. The topological polar surface area (TPSA) is 175 Å². The minimum atomic E-state index is -5.08. The average molecular weight is 862 g/mol. The van der Waals surface area contributed by atoms with Crippen LogP contribution in [0, 0.1) is 13.8 Å². The molecule has 4 N–H and O–H groups in total. The van der Waals surface area contributed by atoms with Crippen LogP contribution in [0.2, 0.25) is 10.0 Å². The summed E-state index contributed by atoms with van der Waals surface area (Å²) >= 11 is 13.3. The van der Waals surface area contributed by atoms with Crippen LogP contribution in [0.4, 0.5) is 13.2 Å². The van der Waals surface area contributed by atoms with Crippen LogP contribution in [0.1, 0.15) is 61.8 Å². The number of piperazine rings is 1. The predicted molar refractivity (Wildman–Crippen MR) is 211 cm³/mol. The summed E-state index contributed by atoms with van der Waals surface area (Å²) in [5.41, 5.74) is 7.82. The number of halogens is 5. The van der Waals surface area contributed by atoms with Crippen molar-refractivity contribution in [2.45, 2.75) is 88.1 Å². The zero-order chi connectivity index (χ0) is 42.3. The second-order valence-electron chi connectivity index (χ2n) is 14.6. The van der Waals surface area contributed by atoms with E-state index in [2.05, 4.69) is 14.6 Å². The van der Waals surface area contributed by atoms with Gasteiger partial charge in [-0.2, -0.15) is 17.9 Å². The fourth-order valence-electron chi connectivity index (χ4n) is 6.98. The second-order valence-corrected chi connectivity index (χ2v) is 17.1. The third-order valence-electron chi connectivity index (χ3n) is 9.92. The smallest absolute Gasteiger partial charge is 0.487 e. The maximum atomic E-state index is 14.1. The average Bonchev–Trinajstić information content (AvgIpc) is 3.59. The number of carboxylic acid groups (broad SMARTS) is 1. The lowest BCUT2D eigenvalue weighted by atomic mass is 9.96. The molecule has 314 valence electrons. The molecule has 1 saturated carbocycles. The Kier molecular flexibility index (Phi) is 15.6. The first kappa shape index (κ1) is 46.0. The van der Waals surface area contributed by atoms with Gasteiger partial charge in [-0.05, 0) is 90.0 Å². The highest BCUT2D eigenvalue weighted by atomic mass is 35.5. The molecule has 2 aliphatic rings. The van der Waals surface area contributed by atoms with Crippen molar-refractivity contribution in [3.05, 3.63) is 63.3 Å². The summed E-state index contributed by atoms with van der Waals surface area (Å²) in [6.07, 6.45) is -1.02. The molecule has 5 rings (SSSR count). The lowest BCUT2D eigenvalue weighted by molar-refractivity contribution is -0.192. The second kappa shape index (κ2) is 19.3. The number of amides is 2. The van der Waals surface area contributed by atoms with E-state index < -0.39 is 27.7 Å². The van der Waals surface area contributed by atoms with Gasteiger partial charge in [0.2, 0.25) is 21.8 Å². The quantitative estimate of drug-likeness (QED) is 0.194. The molecule has 2 heterocycles. The Bertz CT molecular complexity index is 2040.